The molecular weight excluding hydrogens is 334 g/mol. The molecule has 0 amide bonds. The monoisotopic (exact) mass is 355 g/mol. The molecule has 0 spiro atoms. The second-order valence-corrected chi connectivity index (χ2v) is 6.58. The van der Waals surface area contributed by atoms with Gasteiger partial charge >= 0.3 is 5.69 Å². The molecule has 0 radical (unpaired) electrons. The predicted molar refractivity (Wildman–Crippen MR) is 99.0 cm³/mol. The molecule has 26 heavy (non-hydrogen) atoms. The first-order chi connectivity index (χ1) is 12.5. The van der Waals surface area contributed by atoms with E-state index in [0.29, 0.717) is 23.0 Å². The third-order valence-electron chi connectivity index (χ3n) is 4.62. The second-order valence-electron chi connectivity index (χ2n) is 6.58. The van der Waals surface area contributed by atoms with Crippen LogP contribution >= 0.6 is 0 Å². The van der Waals surface area contributed by atoms with Crippen LogP contribution in [-0.4, -0.2) is 33.8 Å². The maximum atomic E-state index is 11.7. The lowest BCUT2D eigenvalue weighted by Gasteiger charge is -2.30. The zero-order chi connectivity index (χ0) is 18.7. The number of nitro groups is 1. The zero-order valence-corrected chi connectivity index (χ0v) is 14.8. The Balaban J connectivity index is 1.90. The average Bonchev–Trinajstić information content (AvgIpc) is 2.62. The Morgan fingerprint density at radius 1 is 1.23 bits per heavy atom. The van der Waals surface area contributed by atoms with Crippen LogP contribution in [0.15, 0.2) is 30.6 Å². The molecule has 136 valence electrons. The number of anilines is 3. The molecule has 1 N–H and O–H groups in total. The molecule has 1 aromatic heterocycles. The van der Waals surface area contributed by atoms with Crippen LogP contribution in [0.1, 0.15) is 37.0 Å². The van der Waals surface area contributed by atoms with E-state index in [4.69, 9.17) is 0 Å². The summed E-state index contributed by atoms with van der Waals surface area (Å²) < 4.78 is 0. The number of rotatable bonds is 5. The topological polar surface area (TPSA) is 101 Å². The second kappa shape index (κ2) is 7.47. The Labute approximate surface area is 151 Å². The molecule has 0 aliphatic carbocycles. The normalized spacial score (nSPS) is 14.9. The number of Topliss-reactive ketones (excluding diaryl/α,β-unsaturated/α-hetero) is 1. The van der Waals surface area contributed by atoms with Crippen molar-refractivity contribution in [1.29, 1.82) is 0 Å². The first-order valence-corrected chi connectivity index (χ1v) is 8.58. The van der Waals surface area contributed by atoms with Crippen molar-refractivity contribution in [2.45, 2.75) is 26.7 Å². The molecule has 1 aliphatic heterocycles. The Hall–Kier alpha value is -3.03. The van der Waals surface area contributed by atoms with Crippen molar-refractivity contribution in [3.63, 3.8) is 0 Å². The first kappa shape index (κ1) is 17.8. The Kier molecular flexibility index (Phi) is 5.11. The van der Waals surface area contributed by atoms with Crippen molar-refractivity contribution in [3.05, 3.63) is 46.3 Å². The Morgan fingerprint density at radius 3 is 2.46 bits per heavy atom. The molecule has 2 heterocycles. The first-order valence-electron chi connectivity index (χ1n) is 8.58. The largest absolute Gasteiger partial charge is 0.353 e. The van der Waals surface area contributed by atoms with Crippen molar-refractivity contribution in [1.82, 2.24) is 9.97 Å². The van der Waals surface area contributed by atoms with Gasteiger partial charge in [-0.1, -0.05) is 6.92 Å². The highest BCUT2D eigenvalue weighted by Crippen LogP contribution is 2.35. The van der Waals surface area contributed by atoms with E-state index in [1.54, 1.807) is 24.3 Å². The molecule has 1 aliphatic rings. The van der Waals surface area contributed by atoms with Gasteiger partial charge in [0.25, 0.3) is 0 Å². The number of carbonyl (C=O) groups is 1. The standard InChI is InChI=1S/C18H21N5O3/c1-12-7-9-22(10-8-12)18-16(23(25)26)17(19-11-20-18)21-15-5-3-14(4-6-15)13(2)24/h3-6,11-12H,7-10H2,1-2H3,(H,19,20,21). The van der Waals surface area contributed by atoms with Crippen molar-refractivity contribution < 1.29 is 9.72 Å². The van der Waals surface area contributed by atoms with Gasteiger partial charge in [0.1, 0.15) is 6.33 Å². The lowest BCUT2D eigenvalue weighted by molar-refractivity contribution is -0.383. The fraction of sp³-hybridized carbons (Fsp3) is 0.389. The van der Waals surface area contributed by atoms with Crippen LogP contribution in [0.3, 0.4) is 0 Å². The number of hydrogen-bond acceptors (Lipinski definition) is 7. The molecule has 8 nitrogen and oxygen atoms in total. The Bertz CT molecular complexity index is 814. The summed E-state index contributed by atoms with van der Waals surface area (Å²) in [6.45, 7) is 5.16. The van der Waals surface area contributed by atoms with Crippen molar-refractivity contribution in [2.75, 3.05) is 23.3 Å². The Morgan fingerprint density at radius 2 is 1.88 bits per heavy atom. The number of ketones is 1. The fourth-order valence-electron chi connectivity index (χ4n) is 3.01. The van der Waals surface area contributed by atoms with Gasteiger partial charge in [0.05, 0.1) is 4.92 Å². The highest BCUT2D eigenvalue weighted by molar-refractivity contribution is 5.94. The summed E-state index contributed by atoms with van der Waals surface area (Å²) in [5, 5.41) is 14.7. The predicted octanol–water partition coefficient (Wildman–Crippen LogP) is 3.57. The molecule has 0 atom stereocenters. The minimum Gasteiger partial charge on any atom is -0.351 e. The molecule has 1 aromatic carbocycles. The molecule has 2 aromatic rings. The average molecular weight is 355 g/mol. The molecule has 0 saturated carbocycles. The van der Waals surface area contributed by atoms with Crippen LogP contribution in [0.2, 0.25) is 0 Å². The van der Waals surface area contributed by atoms with E-state index in [1.807, 2.05) is 4.90 Å². The number of nitrogens with one attached hydrogen (secondary N) is 1. The third-order valence-corrected chi connectivity index (χ3v) is 4.62. The number of hydrogen-bond donors (Lipinski definition) is 1. The van der Waals surface area contributed by atoms with Gasteiger partial charge in [0.15, 0.2) is 5.78 Å². The maximum absolute atomic E-state index is 11.7. The summed E-state index contributed by atoms with van der Waals surface area (Å²) >= 11 is 0. The summed E-state index contributed by atoms with van der Waals surface area (Å²) in [6.07, 6.45) is 3.31. The lowest BCUT2D eigenvalue weighted by Crippen LogP contribution is -2.34. The third kappa shape index (κ3) is 3.79. The van der Waals surface area contributed by atoms with Gasteiger partial charge in [-0.3, -0.25) is 14.9 Å². The van der Waals surface area contributed by atoms with Crippen molar-refractivity contribution >= 4 is 28.8 Å². The molecular formula is C18H21N5O3. The van der Waals surface area contributed by atoms with Gasteiger partial charge in [0.2, 0.25) is 11.6 Å². The van der Waals surface area contributed by atoms with E-state index in [1.165, 1.54) is 13.3 Å². The van der Waals surface area contributed by atoms with Gasteiger partial charge < -0.3 is 10.2 Å². The molecule has 3 rings (SSSR count). The number of piperidine rings is 1. The van der Waals surface area contributed by atoms with Crippen molar-refractivity contribution in [2.24, 2.45) is 5.92 Å². The number of benzene rings is 1. The van der Waals surface area contributed by atoms with Crippen LogP contribution in [-0.2, 0) is 0 Å². The molecule has 8 heteroatoms. The minimum atomic E-state index is -0.445. The fourth-order valence-corrected chi connectivity index (χ4v) is 3.01. The summed E-state index contributed by atoms with van der Waals surface area (Å²) in [5.74, 6) is 1.07. The summed E-state index contributed by atoms with van der Waals surface area (Å²) in [4.78, 5) is 32.8. The number of nitrogens with zero attached hydrogens (tertiary/aromatic N) is 4. The quantitative estimate of drug-likeness (QED) is 0.497. The minimum absolute atomic E-state index is 0.0359. The van der Waals surface area contributed by atoms with Crippen LogP contribution in [0.4, 0.5) is 23.0 Å². The smallest absolute Gasteiger partial charge is 0.351 e. The van der Waals surface area contributed by atoms with Crippen molar-refractivity contribution in [3.8, 4) is 0 Å². The van der Waals surface area contributed by atoms with E-state index in [-0.39, 0.29) is 17.3 Å². The van der Waals surface area contributed by atoms with E-state index in [2.05, 4.69) is 22.2 Å². The van der Waals surface area contributed by atoms with E-state index < -0.39 is 4.92 Å². The highest BCUT2D eigenvalue weighted by Gasteiger charge is 2.29. The zero-order valence-electron chi connectivity index (χ0n) is 14.8. The van der Waals surface area contributed by atoms with Gasteiger partial charge in [-0.15, -0.1) is 0 Å². The molecule has 1 saturated heterocycles. The van der Waals surface area contributed by atoms with E-state index >= 15 is 0 Å². The number of carbonyl (C=O) groups excluding carboxylic acids is 1. The van der Waals surface area contributed by atoms with E-state index in [9.17, 15) is 14.9 Å². The molecule has 0 bridgehead atoms. The van der Waals surface area contributed by atoms with Gasteiger partial charge in [-0.2, -0.15) is 0 Å². The highest BCUT2D eigenvalue weighted by atomic mass is 16.6. The summed E-state index contributed by atoms with van der Waals surface area (Å²) in [7, 11) is 0. The van der Waals surface area contributed by atoms with Gasteiger partial charge in [-0.05, 0) is 49.9 Å². The van der Waals surface area contributed by atoms with Crippen LogP contribution < -0.4 is 10.2 Å². The molecule has 1 fully saturated rings. The summed E-state index contributed by atoms with van der Waals surface area (Å²) in [6, 6.07) is 6.74. The maximum Gasteiger partial charge on any atom is 0.353 e. The lowest BCUT2D eigenvalue weighted by atomic mass is 9.99. The SMILES string of the molecule is CC(=O)c1ccc(Nc2ncnc(N3CCC(C)CC3)c2[N+](=O)[O-])cc1. The van der Waals surface area contributed by atoms with Crippen LogP contribution in [0.5, 0.6) is 0 Å². The van der Waals surface area contributed by atoms with Gasteiger partial charge in [-0.25, -0.2) is 9.97 Å². The van der Waals surface area contributed by atoms with E-state index in [0.717, 1.165) is 25.9 Å². The molecule has 0 unspecified atom stereocenters. The number of aromatic nitrogens is 2. The summed E-state index contributed by atoms with van der Waals surface area (Å²) in [5.41, 5.74) is 1.07. The van der Waals surface area contributed by atoms with Gasteiger partial charge in [0, 0.05) is 24.3 Å². The van der Waals surface area contributed by atoms with Crippen LogP contribution in [0.25, 0.3) is 0 Å². The van der Waals surface area contributed by atoms with Crippen LogP contribution in [0, 0.1) is 16.0 Å².